The predicted molar refractivity (Wildman–Crippen MR) is 644 cm³/mol. The second-order valence-electron chi connectivity index (χ2n) is 47.6. The highest BCUT2D eigenvalue weighted by molar-refractivity contribution is 6.17. The first-order chi connectivity index (χ1) is 73.3. The summed E-state index contributed by atoms with van der Waals surface area (Å²) in [6, 6.07) is 116. The first-order valence-electron chi connectivity index (χ1n) is 58.9. The van der Waals surface area contributed by atoms with Gasteiger partial charge in [0.15, 0.2) is 0 Å². The number of furan rings is 1. The van der Waals surface area contributed by atoms with E-state index in [-0.39, 0.29) is 27.6 Å². The Morgan fingerprint density at radius 2 is 0.667 bits per heavy atom. The molecule has 0 spiro atoms. The van der Waals surface area contributed by atoms with Crippen molar-refractivity contribution in [2.24, 2.45) is 5.92 Å². The molecule has 0 fully saturated rings. The summed E-state index contributed by atoms with van der Waals surface area (Å²) in [5.41, 5.74) is 53.7. The zero-order chi connectivity index (χ0) is 103. The maximum absolute atomic E-state index is 7.86. The van der Waals surface area contributed by atoms with E-state index in [0.29, 0.717) is 0 Å². The smallest absolute Gasteiger partial charge is 0.143 e. The predicted octanol–water partition coefficient (Wildman–Crippen LogP) is 43.1. The van der Waals surface area contributed by atoms with Crippen molar-refractivity contribution in [2.75, 3.05) is 0 Å². The van der Waals surface area contributed by atoms with Crippen LogP contribution in [0.3, 0.4) is 0 Å². The zero-order valence-electron chi connectivity index (χ0n) is 92.5. The Morgan fingerprint density at radius 3 is 1.09 bits per heavy atom. The van der Waals surface area contributed by atoms with Gasteiger partial charge in [-0.1, -0.05) is 516 Å². The lowest BCUT2D eigenvalue weighted by Gasteiger charge is -2.35. The van der Waals surface area contributed by atoms with E-state index in [2.05, 4.69) is 399 Å². The van der Waals surface area contributed by atoms with Crippen molar-refractivity contribution in [3.05, 3.63) is 433 Å². The molecule has 6 aliphatic rings. The summed E-state index contributed by atoms with van der Waals surface area (Å²) in [5, 5.41) is 2.28. The van der Waals surface area contributed by atoms with Crippen LogP contribution in [0, 0.1) is 26.7 Å². The average Bonchev–Trinajstić information content (AvgIpc) is 1.50. The molecule has 16 aromatic rings. The van der Waals surface area contributed by atoms with Crippen molar-refractivity contribution in [1.82, 2.24) is 0 Å². The third-order valence-corrected chi connectivity index (χ3v) is 37.5. The van der Waals surface area contributed by atoms with Gasteiger partial charge in [-0.2, -0.15) is 0 Å². The average molecular weight is 1970 g/mol. The molecular weight excluding hydrogens is 1810 g/mol. The number of allylic oxidation sites excluding steroid dienone is 5. The van der Waals surface area contributed by atoms with Crippen molar-refractivity contribution in [3.8, 4) is 100 Å². The number of fused-ring (bicyclic) bond motifs is 21. The maximum Gasteiger partial charge on any atom is 0.143 e. The summed E-state index contributed by atoms with van der Waals surface area (Å²) in [6.07, 6.45) is 49.5. The molecule has 0 saturated carbocycles. The Morgan fingerprint density at radius 1 is 0.313 bits per heavy atom. The summed E-state index contributed by atoms with van der Waals surface area (Å²) >= 11 is 0. The molecule has 1 heteroatoms. The van der Waals surface area contributed by atoms with Gasteiger partial charge in [-0.15, -0.1) is 0 Å². The molecule has 0 N–H and O–H groups in total. The van der Waals surface area contributed by atoms with Gasteiger partial charge in [0, 0.05) is 43.9 Å². The van der Waals surface area contributed by atoms with Crippen LogP contribution in [0.1, 0.15) is 392 Å². The maximum atomic E-state index is 7.86. The highest BCUT2D eigenvalue weighted by atomic mass is 16.3. The largest absolute Gasteiger partial charge is 0.455 e. The quantitative estimate of drug-likeness (QED) is 0.0274. The molecule has 22 rings (SSSR count). The third-order valence-electron chi connectivity index (χ3n) is 37.5. The van der Waals surface area contributed by atoms with Crippen molar-refractivity contribution < 1.29 is 4.42 Å². The van der Waals surface area contributed by atoms with Crippen LogP contribution in [-0.2, 0) is 33.5 Å². The number of hydrogen-bond acceptors (Lipinski definition) is 1. The van der Waals surface area contributed by atoms with Gasteiger partial charge in [0.05, 0.1) is 5.41 Å². The first kappa shape index (κ1) is 102. The number of aryl methyl sites for hydroxylation is 3. The minimum absolute atomic E-state index is 0.00400. The molecule has 1 nitrogen and oxygen atoms in total. The zero-order valence-corrected chi connectivity index (χ0v) is 92.5. The molecule has 3 atom stereocenters. The van der Waals surface area contributed by atoms with E-state index in [4.69, 9.17) is 11.0 Å². The number of para-hydroxylation sites is 1. The first-order valence-corrected chi connectivity index (χ1v) is 58.9. The lowest BCUT2D eigenvalue weighted by molar-refractivity contribution is 0.395. The number of benzene rings is 15. The summed E-state index contributed by atoms with van der Waals surface area (Å²) in [5.74, 6) is 0.587. The Kier molecular flexibility index (Phi) is 29.3. The van der Waals surface area contributed by atoms with Crippen molar-refractivity contribution in [3.63, 3.8) is 0 Å². The number of unbranched alkanes of at least 4 members (excludes halogenated alkanes) is 21. The summed E-state index contributed by atoms with van der Waals surface area (Å²) in [4.78, 5) is 0. The van der Waals surface area contributed by atoms with E-state index < -0.39 is 5.41 Å². The second-order valence-corrected chi connectivity index (χ2v) is 47.6. The van der Waals surface area contributed by atoms with Gasteiger partial charge in [0.1, 0.15) is 11.2 Å². The van der Waals surface area contributed by atoms with E-state index in [9.17, 15) is 0 Å². The molecule has 6 aliphatic carbocycles. The van der Waals surface area contributed by atoms with Crippen LogP contribution in [0.2, 0.25) is 0 Å². The van der Waals surface area contributed by atoms with Gasteiger partial charge in [-0.05, 0) is 325 Å². The minimum atomic E-state index is -0.779. The summed E-state index contributed by atoms with van der Waals surface area (Å²) in [7, 11) is 0. The van der Waals surface area contributed by atoms with E-state index in [1.54, 1.807) is 22.3 Å². The molecule has 0 bridgehead atoms. The molecule has 0 saturated heterocycles. The number of hydrogen-bond donors (Lipinski definition) is 0. The Balaban J connectivity index is 0.638. The molecule has 150 heavy (non-hydrogen) atoms. The van der Waals surface area contributed by atoms with E-state index in [1.165, 1.54) is 400 Å². The van der Waals surface area contributed by atoms with Gasteiger partial charge in [0.2, 0.25) is 0 Å². The van der Waals surface area contributed by atoms with Crippen LogP contribution < -0.4 is 0 Å². The SMILES string of the molecule is C=C1Cc2c(C)cc3c(c2/C1=C/C=C\C)-c1c(cc(C(c2ccc(-c4ccc5c(c4)C(C)(C)c4cc(-c6ccc7c(c6)C(CCCCCCCC)(CCCCCCCC)c6ccccc6-7)ccc4-5)cc2C)c2ccc(-c4ccc5c(c4)C(C)(C)c4cc(-c6ccc7c(c6)C(CCCCCCCC)(CCCCCCCCC(C)CCCC)c6ccccc6-7)ccc4-5)cc2C)c2c1oc1ccccc12)C3(c1ccccc1)c1ccccc1. The van der Waals surface area contributed by atoms with Gasteiger partial charge in [-0.25, -0.2) is 0 Å². The van der Waals surface area contributed by atoms with Gasteiger partial charge in [-0.3, -0.25) is 0 Å². The monoisotopic (exact) mass is 1970 g/mol. The van der Waals surface area contributed by atoms with Crippen molar-refractivity contribution in [1.29, 1.82) is 0 Å². The highest BCUT2D eigenvalue weighted by Crippen LogP contribution is 2.66. The highest BCUT2D eigenvalue weighted by Gasteiger charge is 2.53. The molecule has 0 radical (unpaired) electrons. The molecule has 15 aromatic carbocycles. The Hall–Kier alpha value is -12.7. The molecule has 1 heterocycles. The minimum Gasteiger partial charge on any atom is -0.455 e. The van der Waals surface area contributed by atoms with Crippen LogP contribution in [0.5, 0.6) is 0 Å². The number of rotatable bonds is 43. The van der Waals surface area contributed by atoms with Crippen molar-refractivity contribution in [2.45, 2.75) is 335 Å². The summed E-state index contributed by atoms with van der Waals surface area (Å²) < 4.78 is 7.86. The molecule has 1 aromatic heterocycles. The Labute approximate surface area is 899 Å². The van der Waals surface area contributed by atoms with Gasteiger partial charge >= 0.3 is 0 Å². The van der Waals surface area contributed by atoms with Crippen LogP contribution >= 0.6 is 0 Å². The summed E-state index contributed by atoms with van der Waals surface area (Å²) in [6.45, 7) is 36.0. The van der Waals surface area contributed by atoms with Crippen LogP contribution in [0.25, 0.3) is 128 Å². The third kappa shape index (κ3) is 18.1. The van der Waals surface area contributed by atoms with E-state index >= 15 is 0 Å². The molecule has 762 valence electrons. The van der Waals surface area contributed by atoms with E-state index in [0.717, 1.165) is 39.9 Å². The molecule has 3 unspecified atom stereocenters. The fraction of sp³-hybridized carbons (Fsp3) is 0.356. The standard InChI is InChI=1S/C149H160O/c1-15-20-25-28-34-51-84-147(85-52-35-29-26-21-16-2)128-65-48-45-62-117(128)123-82-74-110(96-134(123)147)108-72-80-121-119-78-70-106(92-130(119)145(11,12)132(121)94-108)104-68-76-115(100(7)88-104)139(127-98-137-143(144-141(127)125-64-47-50-67-138(125)150-144)142-136(91-103(10)126-90-102(9)114(140(126)142)61-24-19-5)149(137,112-57-41-38-42-58-112)113-59-43-39-44-60-113)116-77-69-105(89-101(116)8)107-71-79-120-122-81-73-109(95-133(122)146(13,14)131(120)93-107)111-75-83-124-118-63-46-49-66-129(118)148(135(124)97-111,86-53-36-30-27-22-17-3)87-54-37-32-31-33-40-56-99(6)55-23-18-4/h19,24,38-39,41-50,57-83,88-89,91-99,139H,9,15-18,20-23,25-37,40,51-56,84-87,90H2,1-8,10-14H3/b24-19-,114-61+. The molecular formula is C149H160O. The van der Waals surface area contributed by atoms with Crippen LogP contribution in [-0.4, -0.2) is 0 Å². The fourth-order valence-corrected chi connectivity index (χ4v) is 29.4. The lowest BCUT2D eigenvalue weighted by Crippen LogP contribution is -2.29. The molecule has 0 amide bonds. The van der Waals surface area contributed by atoms with Gasteiger partial charge < -0.3 is 4.42 Å². The van der Waals surface area contributed by atoms with Crippen LogP contribution in [0.4, 0.5) is 0 Å². The second kappa shape index (κ2) is 43.2. The van der Waals surface area contributed by atoms with Crippen molar-refractivity contribution >= 4 is 27.5 Å². The fourth-order valence-electron chi connectivity index (χ4n) is 29.4. The Bertz CT molecular complexity index is 7630. The topological polar surface area (TPSA) is 13.1 Å². The normalized spacial score (nSPS) is 16.2. The molecule has 0 aliphatic heterocycles. The van der Waals surface area contributed by atoms with Gasteiger partial charge in [0.25, 0.3) is 0 Å². The van der Waals surface area contributed by atoms with E-state index in [1.807, 2.05) is 0 Å². The van der Waals surface area contributed by atoms with Crippen LogP contribution in [0.15, 0.2) is 326 Å². The lowest BCUT2D eigenvalue weighted by atomic mass is 9.66.